The van der Waals surface area contributed by atoms with E-state index in [0.717, 1.165) is 16.3 Å². The van der Waals surface area contributed by atoms with Gasteiger partial charge in [-0.05, 0) is 19.9 Å². The van der Waals surface area contributed by atoms with Crippen LogP contribution in [-0.2, 0) is 4.79 Å². The van der Waals surface area contributed by atoms with E-state index in [0.29, 0.717) is 11.0 Å². The summed E-state index contributed by atoms with van der Waals surface area (Å²) in [5.74, 6) is 0.596. The van der Waals surface area contributed by atoms with Crippen molar-refractivity contribution in [2.24, 2.45) is 0 Å². The topological polar surface area (TPSA) is 67.8 Å². The van der Waals surface area contributed by atoms with Crippen molar-refractivity contribution in [3.05, 3.63) is 53.8 Å². The second kappa shape index (κ2) is 7.55. The molecule has 5 nitrogen and oxygen atoms in total. The van der Waals surface area contributed by atoms with Gasteiger partial charge in [-0.3, -0.25) is 4.79 Å². The highest BCUT2D eigenvalue weighted by Gasteiger charge is 2.17. The van der Waals surface area contributed by atoms with E-state index in [2.05, 4.69) is 20.3 Å². The lowest BCUT2D eigenvalue weighted by molar-refractivity contribution is -0.115. The Morgan fingerprint density at radius 1 is 1.25 bits per heavy atom. The Morgan fingerprint density at radius 2 is 2.04 bits per heavy atom. The average molecular weight is 356 g/mol. The van der Waals surface area contributed by atoms with Crippen LogP contribution in [-0.4, -0.2) is 26.1 Å². The van der Waals surface area contributed by atoms with Crippen LogP contribution < -0.4 is 5.32 Å². The fourth-order valence-electron chi connectivity index (χ4n) is 2.08. The first-order valence-electron chi connectivity index (χ1n) is 7.40. The standard InChI is InChI=1S/C17H16N4OS2/c1-11(16(22)21-17-18-8-9-23-17)24-15-10-14(19-12(2)20-15)13-6-4-3-5-7-13/h3-11H,1-2H3,(H,18,21,22). The highest BCUT2D eigenvalue weighted by Crippen LogP contribution is 2.26. The highest BCUT2D eigenvalue weighted by molar-refractivity contribution is 8.00. The van der Waals surface area contributed by atoms with Crippen molar-refractivity contribution in [1.29, 1.82) is 0 Å². The molecule has 0 bridgehead atoms. The third-order valence-electron chi connectivity index (χ3n) is 3.21. The number of nitrogens with zero attached hydrogens (tertiary/aromatic N) is 3. The normalized spacial score (nSPS) is 11.9. The Bertz CT molecular complexity index is 822. The molecule has 7 heteroatoms. The predicted octanol–water partition coefficient (Wildman–Crippen LogP) is 4.03. The molecule has 2 aromatic heterocycles. The molecule has 0 aliphatic rings. The molecule has 1 amide bonds. The summed E-state index contributed by atoms with van der Waals surface area (Å²) in [6.45, 7) is 3.71. The third-order valence-corrected chi connectivity index (χ3v) is 4.92. The van der Waals surface area contributed by atoms with Crippen LogP contribution in [0.3, 0.4) is 0 Å². The molecule has 3 rings (SSSR count). The van der Waals surface area contributed by atoms with E-state index in [1.165, 1.54) is 23.1 Å². The molecule has 0 aliphatic heterocycles. The molecular weight excluding hydrogens is 340 g/mol. The number of benzene rings is 1. The van der Waals surface area contributed by atoms with Crippen LogP contribution in [0, 0.1) is 6.92 Å². The van der Waals surface area contributed by atoms with Gasteiger partial charge >= 0.3 is 0 Å². The lowest BCUT2D eigenvalue weighted by Gasteiger charge is -2.11. The lowest BCUT2D eigenvalue weighted by atomic mass is 10.1. The second-order valence-electron chi connectivity index (χ2n) is 5.09. The first-order chi connectivity index (χ1) is 11.6. The Labute approximate surface area is 148 Å². The van der Waals surface area contributed by atoms with Crippen LogP contribution in [0.25, 0.3) is 11.3 Å². The summed E-state index contributed by atoms with van der Waals surface area (Å²) >= 11 is 2.81. The number of nitrogens with one attached hydrogen (secondary N) is 1. The predicted molar refractivity (Wildman–Crippen MR) is 98.3 cm³/mol. The van der Waals surface area contributed by atoms with Crippen LogP contribution in [0.1, 0.15) is 12.7 Å². The Morgan fingerprint density at radius 3 is 2.75 bits per heavy atom. The molecule has 2 heterocycles. The number of aromatic nitrogens is 3. The van der Waals surface area contributed by atoms with Crippen molar-refractivity contribution in [3.8, 4) is 11.3 Å². The number of carbonyl (C=O) groups excluding carboxylic acids is 1. The van der Waals surface area contributed by atoms with Gasteiger partial charge in [-0.2, -0.15) is 0 Å². The van der Waals surface area contributed by atoms with Gasteiger partial charge in [-0.15, -0.1) is 11.3 Å². The van der Waals surface area contributed by atoms with Gasteiger partial charge in [-0.1, -0.05) is 42.1 Å². The molecule has 1 unspecified atom stereocenters. The maximum atomic E-state index is 12.2. The van der Waals surface area contributed by atoms with Crippen LogP contribution >= 0.6 is 23.1 Å². The number of amides is 1. The number of hydrogen-bond acceptors (Lipinski definition) is 6. The molecule has 0 radical (unpaired) electrons. The highest BCUT2D eigenvalue weighted by atomic mass is 32.2. The van der Waals surface area contributed by atoms with Crippen LogP contribution in [0.15, 0.2) is 53.0 Å². The minimum atomic E-state index is -0.285. The zero-order valence-electron chi connectivity index (χ0n) is 13.3. The zero-order valence-corrected chi connectivity index (χ0v) is 14.9. The molecule has 0 aliphatic carbocycles. The Balaban J connectivity index is 1.75. The van der Waals surface area contributed by atoms with Gasteiger partial charge in [-0.25, -0.2) is 15.0 Å². The van der Waals surface area contributed by atoms with Gasteiger partial charge in [0.1, 0.15) is 10.9 Å². The molecule has 24 heavy (non-hydrogen) atoms. The van der Waals surface area contributed by atoms with Gasteiger partial charge in [0.2, 0.25) is 5.91 Å². The zero-order chi connectivity index (χ0) is 16.9. The summed E-state index contributed by atoms with van der Waals surface area (Å²) < 4.78 is 0. The fraction of sp³-hybridized carbons (Fsp3) is 0.176. The number of anilines is 1. The third kappa shape index (κ3) is 4.18. The smallest absolute Gasteiger partial charge is 0.239 e. The maximum absolute atomic E-state index is 12.2. The van der Waals surface area contributed by atoms with Crippen LogP contribution in [0.4, 0.5) is 5.13 Å². The summed E-state index contributed by atoms with van der Waals surface area (Å²) in [7, 11) is 0. The van der Waals surface area contributed by atoms with Crippen LogP contribution in [0.2, 0.25) is 0 Å². The number of aryl methyl sites for hydroxylation is 1. The quantitative estimate of drug-likeness (QED) is 0.552. The number of rotatable bonds is 5. The van der Waals surface area contributed by atoms with E-state index >= 15 is 0 Å². The molecule has 1 atom stereocenters. The summed E-state index contributed by atoms with van der Waals surface area (Å²) in [5.41, 5.74) is 1.89. The number of carbonyl (C=O) groups is 1. The number of thioether (sulfide) groups is 1. The summed E-state index contributed by atoms with van der Waals surface area (Å²) in [4.78, 5) is 25.2. The molecule has 0 spiro atoms. The Hall–Kier alpha value is -2.25. The molecule has 122 valence electrons. The van der Waals surface area contributed by atoms with Crippen molar-refractivity contribution in [2.75, 3.05) is 5.32 Å². The minimum Gasteiger partial charge on any atom is -0.301 e. The molecular formula is C17H16N4OS2. The minimum absolute atomic E-state index is 0.0903. The molecule has 3 aromatic rings. The lowest BCUT2D eigenvalue weighted by Crippen LogP contribution is -2.22. The number of hydrogen-bond donors (Lipinski definition) is 1. The fourth-order valence-corrected chi connectivity index (χ4v) is 3.51. The van der Waals surface area contributed by atoms with E-state index in [1.807, 2.05) is 55.6 Å². The van der Waals surface area contributed by atoms with Gasteiger partial charge < -0.3 is 5.32 Å². The molecule has 0 fully saturated rings. The van der Waals surface area contributed by atoms with Crippen molar-refractivity contribution < 1.29 is 4.79 Å². The maximum Gasteiger partial charge on any atom is 0.239 e. The first kappa shape index (κ1) is 16.6. The van der Waals surface area contributed by atoms with E-state index in [4.69, 9.17) is 0 Å². The van der Waals surface area contributed by atoms with Crippen molar-refractivity contribution in [3.63, 3.8) is 0 Å². The number of thiazole rings is 1. The summed E-state index contributed by atoms with van der Waals surface area (Å²) in [6.07, 6.45) is 1.66. The van der Waals surface area contributed by atoms with Gasteiger partial charge in [0.15, 0.2) is 5.13 Å². The van der Waals surface area contributed by atoms with Crippen molar-refractivity contribution in [1.82, 2.24) is 15.0 Å². The van der Waals surface area contributed by atoms with Crippen molar-refractivity contribution in [2.45, 2.75) is 24.1 Å². The monoisotopic (exact) mass is 356 g/mol. The molecule has 0 saturated carbocycles. The Kier molecular flexibility index (Phi) is 5.22. The van der Waals surface area contributed by atoms with E-state index in [9.17, 15) is 4.79 Å². The second-order valence-corrected chi connectivity index (χ2v) is 7.35. The summed E-state index contributed by atoms with van der Waals surface area (Å²) in [5, 5.41) is 5.74. The van der Waals surface area contributed by atoms with Crippen molar-refractivity contribution >= 4 is 34.1 Å². The largest absolute Gasteiger partial charge is 0.301 e. The van der Waals surface area contributed by atoms with Gasteiger partial charge in [0, 0.05) is 17.1 Å². The molecule has 0 saturated heterocycles. The van der Waals surface area contributed by atoms with Gasteiger partial charge in [0.05, 0.1) is 10.9 Å². The van der Waals surface area contributed by atoms with Gasteiger partial charge in [0.25, 0.3) is 0 Å². The van der Waals surface area contributed by atoms with E-state index < -0.39 is 0 Å². The average Bonchev–Trinajstić information content (AvgIpc) is 3.08. The molecule has 1 N–H and O–H groups in total. The summed E-state index contributed by atoms with van der Waals surface area (Å²) in [6, 6.07) is 11.9. The van der Waals surface area contributed by atoms with E-state index in [1.54, 1.807) is 6.20 Å². The SMILES string of the molecule is Cc1nc(SC(C)C(=O)Nc2nccs2)cc(-c2ccccc2)n1. The van der Waals surface area contributed by atoms with Crippen LogP contribution in [0.5, 0.6) is 0 Å². The van der Waals surface area contributed by atoms with E-state index in [-0.39, 0.29) is 11.2 Å². The first-order valence-corrected chi connectivity index (χ1v) is 9.16. The molecule has 1 aromatic carbocycles.